The van der Waals surface area contributed by atoms with Crippen molar-refractivity contribution in [2.75, 3.05) is 36.5 Å². The van der Waals surface area contributed by atoms with Gasteiger partial charge in [-0.25, -0.2) is 4.79 Å². The number of rotatable bonds is 11. The van der Waals surface area contributed by atoms with Gasteiger partial charge in [0, 0.05) is 29.6 Å². The third-order valence-electron chi connectivity index (χ3n) is 4.28. The second-order valence-corrected chi connectivity index (χ2v) is 7.33. The Morgan fingerprint density at radius 2 is 1.97 bits per heavy atom. The Bertz CT molecular complexity index is 787. The van der Waals surface area contributed by atoms with E-state index in [9.17, 15) is 19.5 Å². The van der Waals surface area contributed by atoms with Gasteiger partial charge in [-0.1, -0.05) is 46.7 Å². The molecule has 156 valence electrons. The Hall–Kier alpha value is -2.37. The van der Waals surface area contributed by atoms with Gasteiger partial charge < -0.3 is 14.6 Å². The van der Waals surface area contributed by atoms with E-state index in [0.29, 0.717) is 29.2 Å². The van der Waals surface area contributed by atoms with Crippen LogP contribution in [0.3, 0.4) is 0 Å². The molecule has 1 aromatic rings. The first-order valence-electron chi connectivity index (χ1n) is 9.57. The molecule has 1 aromatic carbocycles. The largest absolute Gasteiger partial charge is 0.548 e. The summed E-state index contributed by atoms with van der Waals surface area (Å²) >= 11 is 3.41. The van der Waals surface area contributed by atoms with E-state index in [0.717, 1.165) is 18.4 Å². The predicted octanol–water partition coefficient (Wildman–Crippen LogP) is 1.92. The van der Waals surface area contributed by atoms with E-state index < -0.39 is 24.5 Å². The lowest BCUT2D eigenvalue weighted by atomic mass is 10.2. The van der Waals surface area contributed by atoms with Crippen molar-refractivity contribution in [2.45, 2.75) is 32.1 Å². The van der Waals surface area contributed by atoms with E-state index in [4.69, 9.17) is 4.74 Å². The van der Waals surface area contributed by atoms with Crippen molar-refractivity contribution in [1.82, 2.24) is 4.90 Å². The van der Waals surface area contributed by atoms with Gasteiger partial charge in [0.25, 0.3) is 5.91 Å². The van der Waals surface area contributed by atoms with Crippen molar-refractivity contribution in [1.29, 1.82) is 0 Å². The van der Waals surface area contributed by atoms with E-state index in [1.165, 1.54) is 24.2 Å². The van der Waals surface area contributed by atoms with E-state index >= 15 is 0 Å². The van der Waals surface area contributed by atoms with Gasteiger partial charge in [0.1, 0.15) is 6.54 Å². The molecule has 29 heavy (non-hydrogen) atoms. The van der Waals surface area contributed by atoms with Gasteiger partial charge in [-0.3, -0.25) is 14.6 Å². The molecule has 2 rings (SSSR count). The van der Waals surface area contributed by atoms with Crippen LogP contribution < -0.4 is 10.0 Å². The number of urea groups is 1. The summed E-state index contributed by atoms with van der Waals surface area (Å²) in [4.78, 5) is 36.8. The molecule has 0 radical (unpaired) electrons. The monoisotopic (exact) mass is 463 g/mol. The molecular weight excluding hydrogens is 440 g/mol. The first-order chi connectivity index (χ1) is 14.0. The summed E-state index contributed by atoms with van der Waals surface area (Å²) in [5, 5.41) is 11.8. The number of hydrogen-bond acceptors (Lipinski definition) is 5. The molecule has 3 amide bonds. The van der Waals surface area contributed by atoms with E-state index in [2.05, 4.69) is 27.8 Å². The van der Waals surface area contributed by atoms with Gasteiger partial charge in [0.05, 0.1) is 19.1 Å². The molecule has 0 N–H and O–H groups in total. The first-order valence-corrected chi connectivity index (χ1v) is 10.7. The number of unbranched alkanes of at least 4 members (excludes halogenated alkanes) is 3. The second kappa shape index (κ2) is 12.2. The summed E-state index contributed by atoms with van der Waals surface area (Å²) in [7, 11) is 0. The molecule has 0 spiro atoms. The van der Waals surface area contributed by atoms with Crippen LogP contribution in [0.25, 0.3) is 0 Å². The Morgan fingerprint density at radius 3 is 2.72 bits per heavy atom. The number of nitrogens with zero attached hydrogens (tertiary/aromatic N) is 2. The summed E-state index contributed by atoms with van der Waals surface area (Å²) in [6, 6.07) is 6.25. The van der Waals surface area contributed by atoms with Crippen LogP contribution in [0, 0.1) is 11.8 Å². The highest BCUT2D eigenvalue weighted by Gasteiger charge is 2.36. The zero-order chi connectivity index (χ0) is 21.1. The smallest absolute Gasteiger partial charge is 0.332 e. The summed E-state index contributed by atoms with van der Waals surface area (Å²) in [6.45, 7) is 0.367. The minimum Gasteiger partial charge on any atom is -0.548 e. The SMILES string of the molecule is O=C([O-])CN1C(=O)CN(c2cccc(C#CCCOCCCCCCBr)c2)C1=O. The molecule has 0 atom stereocenters. The van der Waals surface area contributed by atoms with Gasteiger partial charge in [-0.15, -0.1) is 0 Å². The number of benzene rings is 1. The maximum absolute atomic E-state index is 12.3. The third kappa shape index (κ3) is 7.52. The number of carboxylic acid groups (broad SMARTS) is 1. The lowest BCUT2D eigenvalue weighted by Gasteiger charge is -2.17. The van der Waals surface area contributed by atoms with Crippen molar-refractivity contribution < 1.29 is 24.2 Å². The molecule has 7 nitrogen and oxygen atoms in total. The number of carboxylic acids is 1. The zero-order valence-electron chi connectivity index (χ0n) is 16.2. The van der Waals surface area contributed by atoms with Gasteiger partial charge in [-0.05, 0) is 31.0 Å². The molecule has 1 aliphatic rings. The van der Waals surface area contributed by atoms with Crippen molar-refractivity contribution in [3.05, 3.63) is 29.8 Å². The quantitative estimate of drug-likeness (QED) is 0.216. The van der Waals surface area contributed by atoms with Gasteiger partial charge in [0.15, 0.2) is 0 Å². The highest BCUT2D eigenvalue weighted by molar-refractivity contribution is 9.09. The second-order valence-electron chi connectivity index (χ2n) is 6.54. The van der Waals surface area contributed by atoms with Crippen LogP contribution in [-0.2, 0) is 14.3 Å². The molecule has 0 bridgehead atoms. The topological polar surface area (TPSA) is 90.0 Å². The zero-order valence-corrected chi connectivity index (χ0v) is 17.8. The molecule has 0 unspecified atom stereocenters. The fraction of sp³-hybridized carbons (Fsp3) is 0.476. The number of anilines is 1. The fourth-order valence-electron chi connectivity index (χ4n) is 2.82. The highest BCUT2D eigenvalue weighted by Crippen LogP contribution is 2.21. The number of hydrogen-bond donors (Lipinski definition) is 0. The van der Waals surface area contributed by atoms with Crippen molar-refractivity contribution >= 4 is 39.5 Å². The highest BCUT2D eigenvalue weighted by atomic mass is 79.9. The van der Waals surface area contributed by atoms with Crippen LogP contribution in [0.4, 0.5) is 10.5 Å². The van der Waals surface area contributed by atoms with Crippen LogP contribution in [0.2, 0.25) is 0 Å². The van der Waals surface area contributed by atoms with E-state index in [1.807, 2.05) is 6.07 Å². The summed E-state index contributed by atoms with van der Waals surface area (Å²) < 4.78 is 5.56. The van der Waals surface area contributed by atoms with Crippen molar-refractivity contribution in [2.24, 2.45) is 0 Å². The molecule has 0 aliphatic carbocycles. The first kappa shape index (κ1) is 22.9. The third-order valence-corrected chi connectivity index (χ3v) is 4.84. The average molecular weight is 464 g/mol. The number of ether oxygens (including phenoxy) is 1. The van der Waals surface area contributed by atoms with Crippen molar-refractivity contribution in [3.8, 4) is 11.8 Å². The number of carbonyl (C=O) groups excluding carboxylic acids is 3. The van der Waals surface area contributed by atoms with Gasteiger partial charge >= 0.3 is 6.03 Å². The Balaban J connectivity index is 1.82. The summed E-state index contributed by atoms with van der Waals surface area (Å²) in [5.41, 5.74) is 1.20. The lowest BCUT2D eigenvalue weighted by Crippen LogP contribution is -2.42. The lowest BCUT2D eigenvalue weighted by molar-refractivity contribution is -0.305. The number of halogens is 1. The standard InChI is InChI=1S/C21H25BrN2O5/c22-11-4-1-2-5-12-29-13-6-3-8-17-9-7-10-18(14-17)23-15-19(25)24(21(23)28)16-20(26)27/h7,9-10,14H,1-2,4-6,11-13,15-16H2,(H,26,27)/p-1. The minimum atomic E-state index is -1.48. The van der Waals surface area contributed by atoms with E-state index in [1.54, 1.807) is 18.2 Å². The number of imide groups is 1. The average Bonchev–Trinajstić information content (AvgIpc) is 2.97. The van der Waals surface area contributed by atoms with Crippen LogP contribution in [-0.4, -0.2) is 54.4 Å². The molecule has 1 saturated heterocycles. The van der Waals surface area contributed by atoms with E-state index in [-0.39, 0.29) is 6.54 Å². The number of carbonyl (C=O) groups is 3. The normalized spacial score (nSPS) is 13.6. The van der Waals surface area contributed by atoms with Crippen LogP contribution in [0.1, 0.15) is 37.7 Å². The molecule has 1 fully saturated rings. The van der Waals surface area contributed by atoms with Crippen LogP contribution >= 0.6 is 15.9 Å². The fourth-order valence-corrected chi connectivity index (χ4v) is 3.22. The maximum Gasteiger partial charge on any atom is 0.332 e. The van der Waals surface area contributed by atoms with Crippen molar-refractivity contribution in [3.63, 3.8) is 0 Å². The Kier molecular flexibility index (Phi) is 9.68. The minimum absolute atomic E-state index is 0.202. The van der Waals surface area contributed by atoms with Gasteiger partial charge in [-0.2, -0.15) is 0 Å². The van der Waals surface area contributed by atoms with Crippen LogP contribution in [0.5, 0.6) is 0 Å². The van der Waals surface area contributed by atoms with Crippen LogP contribution in [0.15, 0.2) is 24.3 Å². The Labute approximate surface area is 179 Å². The Morgan fingerprint density at radius 1 is 1.17 bits per heavy atom. The summed E-state index contributed by atoms with van der Waals surface area (Å²) in [6.07, 6.45) is 5.23. The molecule has 0 saturated carbocycles. The number of alkyl halides is 1. The number of aliphatic carboxylic acids is 1. The summed E-state index contributed by atoms with van der Waals surface area (Å²) in [5.74, 6) is 4.01. The number of amides is 3. The molecule has 1 aliphatic heterocycles. The molecule has 0 aromatic heterocycles. The molecular formula is C21H24BrN2O5-. The predicted molar refractivity (Wildman–Crippen MR) is 110 cm³/mol. The molecule has 8 heteroatoms. The molecule has 1 heterocycles. The van der Waals surface area contributed by atoms with Gasteiger partial charge in [0.2, 0.25) is 0 Å². The maximum atomic E-state index is 12.3.